The summed E-state index contributed by atoms with van der Waals surface area (Å²) < 4.78 is 0. The molecule has 88 valence electrons. The molecule has 0 radical (unpaired) electrons. The Morgan fingerprint density at radius 2 is 2.06 bits per heavy atom. The average Bonchev–Trinajstić information content (AvgIpc) is 2.25. The first kappa shape index (κ1) is 13.3. The molecule has 0 heterocycles. The van der Waals surface area contributed by atoms with E-state index in [4.69, 9.17) is 29.6 Å². The monoisotopic (exact) mass is 256 g/mol. The lowest BCUT2D eigenvalue weighted by atomic mass is 10.1. The molecule has 1 rings (SSSR count). The van der Waals surface area contributed by atoms with E-state index in [1.54, 1.807) is 0 Å². The SMILES string of the molecule is CCC(CC)Nc1ccc(C(N)=S)c(Cl)c1. The van der Waals surface area contributed by atoms with Crippen molar-refractivity contribution in [2.75, 3.05) is 5.32 Å². The largest absolute Gasteiger partial charge is 0.389 e. The molecule has 0 saturated carbocycles. The quantitative estimate of drug-likeness (QED) is 0.791. The summed E-state index contributed by atoms with van der Waals surface area (Å²) in [6.45, 7) is 4.32. The highest BCUT2D eigenvalue weighted by atomic mass is 35.5. The third-order valence-corrected chi connectivity index (χ3v) is 3.12. The maximum Gasteiger partial charge on any atom is 0.105 e. The smallest absolute Gasteiger partial charge is 0.105 e. The fraction of sp³-hybridized carbons (Fsp3) is 0.417. The Balaban J connectivity index is 2.84. The van der Waals surface area contributed by atoms with Gasteiger partial charge >= 0.3 is 0 Å². The lowest BCUT2D eigenvalue weighted by molar-refractivity contribution is 0.672. The van der Waals surface area contributed by atoms with Crippen molar-refractivity contribution >= 4 is 34.5 Å². The van der Waals surface area contributed by atoms with Gasteiger partial charge in [-0.3, -0.25) is 0 Å². The number of rotatable bonds is 5. The summed E-state index contributed by atoms with van der Waals surface area (Å²) in [5.41, 5.74) is 7.29. The molecular weight excluding hydrogens is 240 g/mol. The van der Waals surface area contributed by atoms with Crippen LogP contribution in [0.1, 0.15) is 32.3 Å². The van der Waals surface area contributed by atoms with Crippen LogP contribution in [0.3, 0.4) is 0 Å². The molecule has 1 aromatic carbocycles. The van der Waals surface area contributed by atoms with E-state index in [2.05, 4.69) is 19.2 Å². The van der Waals surface area contributed by atoms with Crippen LogP contribution in [-0.4, -0.2) is 11.0 Å². The van der Waals surface area contributed by atoms with Crippen molar-refractivity contribution in [2.24, 2.45) is 5.73 Å². The molecule has 0 saturated heterocycles. The second-order valence-electron chi connectivity index (χ2n) is 3.72. The van der Waals surface area contributed by atoms with Gasteiger partial charge in [0.15, 0.2) is 0 Å². The van der Waals surface area contributed by atoms with Crippen molar-refractivity contribution in [1.82, 2.24) is 0 Å². The van der Waals surface area contributed by atoms with Crippen LogP contribution in [0.4, 0.5) is 5.69 Å². The van der Waals surface area contributed by atoms with Gasteiger partial charge in [-0.25, -0.2) is 0 Å². The third-order valence-electron chi connectivity index (χ3n) is 2.59. The minimum absolute atomic E-state index is 0.332. The van der Waals surface area contributed by atoms with Crippen LogP contribution in [0.2, 0.25) is 5.02 Å². The van der Waals surface area contributed by atoms with Gasteiger partial charge in [-0.1, -0.05) is 37.7 Å². The summed E-state index contributed by atoms with van der Waals surface area (Å²) >= 11 is 11.0. The van der Waals surface area contributed by atoms with Crippen molar-refractivity contribution in [3.63, 3.8) is 0 Å². The molecule has 0 spiro atoms. The molecule has 2 nitrogen and oxygen atoms in total. The fourth-order valence-corrected chi connectivity index (χ4v) is 2.05. The number of nitrogens with two attached hydrogens (primary N) is 1. The van der Waals surface area contributed by atoms with Gasteiger partial charge in [-0.05, 0) is 31.0 Å². The zero-order chi connectivity index (χ0) is 12.1. The highest BCUT2D eigenvalue weighted by molar-refractivity contribution is 7.80. The Bertz CT molecular complexity index is 375. The molecule has 0 aliphatic rings. The third kappa shape index (κ3) is 3.35. The minimum atomic E-state index is 0.332. The summed E-state index contributed by atoms with van der Waals surface area (Å²) in [6, 6.07) is 6.16. The normalized spacial score (nSPS) is 10.5. The first-order valence-electron chi connectivity index (χ1n) is 5.44. The van der Waals surface area contributed by atoms with Gasteiger partial charge in [0, 0.05) is 17.3 Å². The fourth-order valence-electron chi connectivity index (χ4n) is 1.53. The molecule has 0 bridgehead atoms. The van der Waals surface area contributed by atoms with E-state index in [1.807, 2.05) is 18.2 Å². The molecule has 0 amide bonds. The minimum Gasteiger partial charge on any atom is -0.389 e. The molecule has 1 aromatic rings. The van der Waals surface area contributed by atoms with E-state index in [0.717, 1.165) is 24.1 Å². The molecule has 3 N–H and O–H groups in total. The van der Waals surface area contributed by atoms with Gasteiger partial charge in [0.25, 0.3) is 0 Å². The van der Waals surface area contributed by atoms with Crippen molar-refractivity contribution in [3.8, 4) is 0 Å². The molecule has 0 unspecified atom stereocenters. The maximum atomic E-state index is 6.09. The van der Waals surface area contributed by atoms with Gasteiger partial charge in [0.05, 0.1) is 5.02 Å². The Hall–Kier alpha value is -0.800. The Morgan fingerprint density at radius 1 is 1.44 bits per heavy atom. The van der Waals surface area contributed by atoms with E-state index in [0.29, 0.717) is 16.1 Å². The number of nitrogens with one attached hydrogen (secondary N) is 1. The molecule has 0 aliphatic carbocycles. The van der Waals surface area contributed by atoms with Crippen LogP contribution in [0.5, 0.6) is 0 Å². The number of halogens is 1. The summed E-state index contributed by atoms with van der Waals surface area (Å²) in [7, 11) is 0. The van der Waals surface area contributed by atoms with Crippen molar-refractivity contribution in [3.05, 3.63) is 28.8 Å². The lowest BCUT2D eigenvalue weighted by Crippen LogP contribution is -2.17. The molecule has 0 atom stereocenters. The predicted molar refractivity (Wildman–Crippen MR) is 75.3 cm³/mol. The van der Waals surface area contributed by atoms with E-state index in [1.165, 1.54) is 0 Å². The van der Waals surface area contributed by atoms with Crippen LogP contribution < -0.4 is 11.1 Å². The highest BCUT2D eigenvalue weighted by Gasteiger charge is 2.07. The average molecular weight is 257 g/mol. The van der Waals surface area contributed by atoms with Crippen LogP contribution in [0.25, 0.3) is 0 Å². The molecule has 0 aromatic heterocycles. The first-order chi connectivity index (χ1) is 7.58. The summed E-state index contributed by atoms with van der Waals surface area (Å²) in [6.07, 6.45) is 2.18. The predicted octanol–water partition coefficient (Wildman–Crippen LogP) is 3.57. The van der Waals surface area contributed by atoms with Gasteiger partial charge in [-0.2, -0.15) is 0 Å². The second-order valence-corrected chi connectivity index (χ2v) is 4.56. The zero-order valence-corrected chi connectivity index (χ0v) is 11.2. The van der Waals surface area contributed by atoms with Crippen molar-refractivity contribution < 1.29 is 0 Å². The van der Waals surface area contributed by atoms with Crippen LogP contribution in [-0.2, 0) is 0 Å². The van der Waals surface area contributed by atoms with Crippen LogP contribution >= 0.6 is 23.8 Å². The Morgan fingerprint density at radius 3 is 2.50 bits per heavy atom. The number of hydrogen-bond donors (Lipinski definition) is 2. The Labute approximate surface area is 107 Å². The Kier molecular flexibility index (Phi) is 5.03. The topological polar surface area (TPSA) is 38.0 Å². The summed E-state index contributed by atoms with van der Waals surface area (Å²) in [4.78, 5) is 0.332. The van der Waals surface area contributed by atoms with E-state index in [9.17, 15) is 0 Å². The van der Waals surface area contributed by atoms with E-state index < -0.39 is 0 Å². The number of benzene rings is 1. The van der Waals surface area contributed by atoms with Crippen LogP contribution in [0, 0.1) is 0 Å². The van der Waals surface area contributed by atoms with Gasteiger partial charge in [0.1, 0.15) is 4.99 Å². The van der Waals surface area contributed by atoms with E-state index in [-0.39, 0.29) is 0 Å². The zero-order valence-electron chi connectivity index (χ0n) is 9.59. The van der Waals surface area contributed by atoms with Crippen molar-refractivity contribution in [2.45, 2.75) is 32.7 Å². The van der Waals surface area contributed by atoms with Gasteiger partial charge in [0.2, 0.25) is 0 Å². The van der Waals surface area contributed by atoms with Gasteiger partial charge < -0.3 is 11.1 Å². The summed E-state index contributed by atoms with van der Waals surface area (Å²) in [5, 5.41) is 4.02. The number of anilines is 1. The number of hydrogen-bond acceptors (Lipinski definition) is 2. The summed E-state index contributed by atoms with van der Waals surface area (Å²) in [5.74, 6) is 0. The first-order valence-corrected chi connectivity index (χ1v) is 6.23. The molecular formula is C12H17ClN2S. The highest BCUT2D eigenvalue weighted by Crippen LogP contribution is 2.22. The molecule has 4 heteroatoms. The molecule has 0 fully saturated rings. The van der Waals surface area contributed by atoms with Gasteiger partial charge in [-0.15, -0.1) is 0 Å². The second kappa shape index (κ2) is 6.06. The van der Waals surface area contributed by atoms with E-state index >= 15 is 0 Å². The molecule has 16 heavy (non-hydrogen) atoms. The standard InChI is InChI=1S/C12H17ClN2S/c1-3-8(4-2)15-9-5-6-10(12(14)16)11(13)7-9/h5-8,15H,3-4H2,1-2H3,(H2,14,16). The van der Waals surface area contributed by atoms with Crippen molar-refractivity contribution in [1.29, 1.82) is 0 Å². The molecule has 0 aliphatic heterocycles. The maximum absolute atomic E-state index is 6.09. The lowest BCUT2D eigenvalue weighted by Gasteiger charge is -2.16. The van der Waals surface area contributed by atoms with Crippen LogP contribution in [0.15, 0.2) is 18.2 Å². The number of thiocarbonyl (C=S) groups is 1.